The summed E-state index contributed by atoms with van der Waals surface area (Å²) in [6.07, 6.45) is 0. The molecule has 1 aromatic heterocycles. The van der Waals surface area contributed by atoms with Crippen LogP contribution in [-0.4, -0.2) is 32.7 Å². The second-order valence-electron chi connectivity index (χ2n) is 7.30. The highest BCUT2D eigenvalue weighted by Gasteiger charge is 2.22. The molecule has 6 nitrogen and oxygen atoms in total. The molecule has 0 saturated carbocycles. The van der Waals surface area contributed by atoms with Gasteiger partial charge in [-0.25, -0.2) is 12.7 Å². The Morgan fingerprint density at radius 3 is 2.43 bits per heavy atom. The minimum Gasteiger partial charge on any atom is -0.450 e. The van der Waals surface area contributed by atoms with Crippen molar-refractivity contribution in [3.8, 4) is 0 Å². The highest BCUT2D eigenvalue weighted by Crippen LogP contribution is 2.31. The van der Waals surface area contributed by atoms with Gasteiger partial charge >= 0.3 is 0 Å². The molecular formula is C23H22N2O4S. The molecule has 30 heavy (non-hydrogen) atoms. The molecule has 7 heteroatoms. The smallest absolute Gasteiger partial charge is 0.287 e. The van der Waals surface area contributed by atoms with Gasteiger partial charge in [0.1, 0.15) is 5.58 Å². The lowest BCUT2D eigenvalue weighted by molar-refractivity contribution is 0.0924. The number of furan rings is 1. The molecule has 0 spiro atoms. The van der Waals surface area contributed by atoms with E-state index in [-0.39, 0.29) is 23.1 Å². The van der Waals surface area contributed by atoms with Gasteiger partial charge in [-0.05, 0) is 23.9 Å². The van der Waals surface area contributed by atoms with Crippen molar-refractivity contribution in [2.75, 3.05) is 14.1 Å². The third kappa shape index (κ3) is 3.36. The Morgan fingerprint density at radius 1 is 0.967 bits per heavy atom. The van der Waals surface area contributed by atoms with E-state index in [0.29, 0.717) is 11.1 Å². The maximum absolute atomic E-state index is 12.9. The van der Waals surface area contributed by atoms with Gasteiger partial charge < -0.3 is 9.73 Å². The van der Waals surface area contributed by atoms with Gasteiger partial charge in [0.15, 0.2) is 5.76 Å². The van der Waals surface area contributed by atoms with Crippen LogP contribution in [-0.2, 0) is 16.6 Å². The van der Waals surface area contributed by atoms with Gasteiger partial charge in [0.2, 0.25) is 10.0 Å². The van der Waals surface area contributed by atoms with Crippen molar-refractivity contribution in [3.63, 3.8) is 0 Å². The quantitative estimate of drug-likeness (QED) is 0.526. The monoisotopic (exact) mass is 422 g/mol. The summed E-state index contributed by atoms with van der Waals surface area (Å²) in [4.78, 5) is 13.0. The van der Waals surface area contributed by atoms with Gasteiger partial charge in [0, 0.05) is 37.0 Å². The summed E-state index contributed by atoms with van der Waals surface area (Å²) >= 11 is 0. The van der Waals surface area contributed by atoms with Gasteiger partial charge in [-0.2, -0.15) is 0 Å². The predicted molar refractivity (Wildman–Crippen MR) is 117 cm³/mol. The average Bonchev–Trinajstić information content (AvgIpc) is 3.09. The molecule has 154 valence electrons. The van der Waals surface area contributed by atoms with E-state index in [1.165, 1.54) is 20.2 Å². The van der Waals surface area contributed by atoms with E-state index in [4.69, 9.17) is 4.42 Å². The first-order valence-corrected chi connectivity index (χ1v) is 10.9. The molecule has 0 unspecified atom stereocenters. The number of nitrogens with one attached hydrogen (secondary N) is 1. The van der Waals surface area contributed by atoms with Crippen LogP contribution in [0.2, 0.25) is 0 Å². The van der Waals surface area contributed by atoms with E-state index in [1.54, 1.807) is 18.2 Å². The largest absolute Gasteiger partial charge is 0.450 e. The summed E-state index contributed by atoms with van der Waals surface area (Å²) in [6.45, 7) is 1.92. The Kier molecular flexibility index (Phi) is 5.09. The number of carbonyl (C=O) groups is 1. The van der Waals surface area contributed by atoms with Crippen LogP contribution in [0.15, 0.2) is 70.0 Å². The number of sulfonamides is 1. The number of rotatable bonds is 5. The summed E-state index contributed by atoms with van der Waals surface area (Å²) in [5.74, 6) is -0.154. The topological polar surface area (TPSA) is 79.6 Å². The van der Waals surface area contributed by atoms with Crippen molar-refractivity contribution < 1.29 is 17.6 Å². The zero-order valence-electron chi connectivity index (χ0n) is 17.0. The van der Waals surface area contributed by atoms with Gasteiger partial charge in [-0.3, -0.25) is 4.79 Å². The molecule has 1 amide bonds. The van der Waals surface area contributed by atoms with Crippen molar-refractivity contribution in [1.82, 2.24) is 9.62 Å². The Morgan fingerprint density at radius 2 is 1.67 bits per heavy atom. The molecule has 0 aliphatic heterocycles. The third-order valence-corrected chi connectivity index (χ3v) is 7.12. The number of carbonyl (C=O) groups excluding carboxylic acids is 1. The Bertz CT molecular complexity index is 1370. The van der Waals surface area contributed by atoms with Crippen LogP contribution in [0.1, 0.15) is 21.7 Å². The van der Waals surface area contributed by atoms with E-state index >= 15 is 0 Å². The zero-order chi connectivity index (χ0) is 21.5. The predicted octanol–water partition coefficient (Wildman–Crippen LogP) is 4.07. The fourth-order valence-corrected chi connectivity index (χ4v) is 4.64. The van der Waals surface area contributed by atoms with Crippen molar-refractivity contribution >= 4 is 37.7 Å². The highest BCUT2D eigenvalue weighted by molar-refractivity contribution is 7.89. The number of hydrogen-bond donors (Lipinski definition) is 1. The summed E-state index contributed by atoms with van der Waals surface area (Å²) in [7, 11) is -0.657. The molecule has 4 aromatic rings. The number of fused-ring (bicyclic) bond motifs is 3. The van der Waals surface area contributed by atoms with E-state index in [9.17, 15) is 13.2 Å². The highest BCUT2D eigenvalue weighted by atomic mass is 32.2. The first kappa shape index (κ1) is 20.1. The minimum absolute atomic E-state index is 0.0688. The van der Waals surface area contributed by atoms with E-state index in [1.807, 2.05) is 43.3 Å². The Hall–Kier alpha value is -3.16. The third-order valence-electron chi connectivity index (χ3n) is 5.21. The molecule has 0 atom stereocenters. The average molecular weight is 423 g/mol. The maximum atomic E-state index is 12.9. The van der Waals surface area contributed by atoms with Gasteiger partial charge in [0.05, 0.1) is 4.90 Å². The van der Waals surface area contributed by atoms with Gasteiger partial charge in [0.25, 0.3) is 5.91 Å². The molecule has 4 rings (SSSR count). The van der Waals surface area contributed by atoms with E-state index in [2.05, 4.69) is 5.32 Å². The number of aryl methyl sites for hydroxylation is 1. The number of amides is 1. The normalized spacial score (nSPS) is 12.0. The standard InChI is InChI=1S/C23H22N2O4S/c1-15-18-13-12-16-8-4-6-10-19(16)22(18)29-21(15)23(26)24-14-17-9-5-7-11-20(17)30(27,28)25(2)3/h4-13H,14H2,1-3H3,(H,24,26). The summed E-state index contributed by atoms with van der Waals surface area (Å²) in [5, 5.41) is 5.66. The molecule has 0 aliphatic carbocycles. The van der Waals surface area contributed by atoms with Crippen LogP contribution in [0.3, 0.4) is 0 Å². The van der Waals surface area contributed by atoms with Gasteiger partial charge in [-0.15, -0.1) is 0 Å². The van der Waals surface area contributed by atoms with Crippen LogP contribution in [0.5, 0.6) is 0 Å². The summed E-state index contributed by atoms with van der Waals surface area (Å²) in [6, 6.07) is 18.4. The van der Waals surface area contributed by atoms with Crippen LogP contribution < -0.4 is 5.32 Å². The van der Waals surface area contributed by atoms with Crippen molar-refractivity contribution in [1.29, 1.82) is 0 Å². The van der Waals surface area contributed by atoms with Crippen LogP contribution >= 0.6 is 0 Å². The zero-order valence-corrected chi connectivity index (χ0v) is 17.8. The minimum atomic E-state index is -3.61. The second-order valence-corrected chi connectivity index (χ2v) is 9.42. The molecule has 0 fully saturated rings. The summed E-state index contributed by atoms with van der Waals surface area (Å²) < 4.78 is 32.2. The first-order valence-electron chi connectivity index (χ1n) is 9.50. The van der Waals surface area contributed by atoms with Crippen molar-refractivity contribution in [2.45, 2.75) is 18.4 Å². The number of benzene rings is 3. The molecule has 0 aliphatic rings. The van der Waals surface area contributed by atoms with E-state index in [0.717, 1.165) is 26.0 Å². The van der Waals surface area contributed by atoms with Crippen LogP contribution in [0.4, 0.5) is 0 Å². The van der Waals surface area contributed by atoms with E-state index < -0.39 is 10.0 Å². The molecular weight excluding hydrogens is 400 g/mol. The van der Waals surface area contributed by atoms with Gasteiger partial charge in [-0.1, -0.05) is 54.6 Å². The Balaban J connectivity index is 1.66. The molecule has 1 N–H and O–H groups in total. The molecule has 0 radical (unpaired) electrons. The second kappa shape index (κ2) is 7.59. The van der Waals surface area contributed by atoms with Crippen LogP contribution in [0.25, 0.3) is 21.7 Å². The lowest BCUT2D eigenvalue weighted by Gasteiger charge is -2.15. The molecule has 3 aromatic carbocycles. The first-order chi connectivity index (χ1) is 14.3. The maximum Gasteiger partial charge on any atom is 0.287 e. The fraction of sp³-hybridized carbons (Fsp3) is 0.174. The van der Waals surface area contributed by atoms with Crippen LogP contribution in [0, 0.1) is 6.92 Å². The van der Waals surface area contributed by atoms with Crippen molar-refractivity contribution in [2.24, 2.45) is 0 Å². The fourth-order valence-electron chi connectivity index (χ4n) is 3.52. The lowest BCUT2D eigenvalue weighted by atomic mass is 10.1. The Labute approximate surface area is 175 Å². The molecule has 0 saturated heterocycles. The van der Waals surface area contributed by atoms with Crippen molar-refractivity contribution in [3.05, 3.63) is 77.6 Å². The SMILES string of the molecule is Cc1c(C(=O)NCc2ccccc2S(=O)(=O)N(C)C)oc2c1ccc1ccccc12. The molecule has 1 heterocycles. The lowest BCUT2D eigenvalue weighted by Crippen LogP contribution is -2.27. The molecule has 0 bridgehead atoms. The summed E-state index contributed by atoms with van der Waals surface area (Å²) in [5.41, 5.74) is 1.94. The number of nitrogens with zero attached hydrogens (tertiary/aromatic N) is 1. The number of hydrogen-bond acceptors (Lipinski definition) is 4.